The fraction of sp³-hybridized carbons (Fsp3) is 0.125. The van der Waals surface area contributed by atoms with E-state index in [0.717, 1.165) is 6.07 Å². The van der Waals surface area contributed by atoms with Gasteiger partial charge in [0.2, 0.25) is 0 Å². The second-order valence-corrected chi connectivity index (χ2v) is 2.19. The van der Waals surface area contributed by atoms with Gasteiger partial charge in [0, 0.05) is 5.56 Å². The van der Waals surface area contributed by atoms with E-state index >= 15 is 0 Å². The van der Waals surface area contributed by atoms with Gasteiger partial charge in [-0.1, -0.05) is 0 Å². The van der Waals surface area contributed by atoms with Crippen LogP contribution in [0.25, 0.3) is 0 Å². The first-order chi connectivity index (χ1) is 5.16. The van der Waals surface area contributed by atoms with Crippen LogP contribution in [-0.4, -0.2) is 6.29 Å². The second kappa shape index (κ2) is 2.78. The Bertz CT molecular complexity index is 294. The summed E-state index contributed by atoms with van der Waals surface area (Å²) in [7, 11) is 0. The molecule has 0 aliphatic carbocycles. The highest BCUT2D eigenvalue weighted by Gasteiger charge is 2.07. The molecule has 3 heteroatoms. The molecule has 1 rings (SSSR count). The quantitative estimate of drug-likeness (QED) is 0.569. The summed E-state index contributed by atoms with van der Waals surface area (Å²) in [5.74, 6) is -1.87. The molecule has 0 radical (unpaired) electrons. The third kappa shape index (κ3) is 1.27. The summed E-state index contributed by atoms with van der Waals surface area (Å²) in [6.45, 7) is 1.36. The third-order valence-electron chi connectivity index (χ3n) is 1.51. The Balaban J connectivity index is 3.36. The number of carbonyl (C=O) groups is 1. The minimum Gasteiger partial charge on any atom is -0.298 e. The molecule has 0 spiro atoms. The molecule has 0 bridgehead atoms. The topological polar surface area (TPSA) is 17.1 Å². The maximum atomic E-state index is 12.6. The molecule has 0 aliphatic rings. The van der Waals surface area contributed by atoms with Gasteiger partial charge in [-0.3, -0.25) is 4.79 Å². The van der Waals surface area contributed by atoms with Gasteiger partial charge in [0.15, 0.2) is 11.6 Å². The lowest BCUT2D eigenvalue weighted by Crippen LogP contribution is -1.94. The molecule has 1 nitrogen and oxygen atoms in total. The number of halogens is 2. The van der Waals surface area contributed by atoms with Gasteiger partial charge >= 0.3 is 0 Å². The molecular weight excluding hydrogens is 150 g/mol. The molecule has 1 aromatic carbocycles. The summed E-state index contributed by atoms with van der Waals surface area (Å²) >= 11 is 0. The SMILES string of the molecule is Cc1c(C=O)ccc(F)c1F. The van der Waals surface area contributed by atoms with Crippen molar-refractivity contribution >= 4 is 6.29 Å². The summed E-state index contributed by atoms with van der Waals surface area (Å²) in [4.78, 5) is 10.2. The minimum atomic E-state index is -0.949. The van der Waals surface area contributed by atoms with Crippen LogP contribution in [0, 0.1) is 18.6 Å². The fourth-order valence-corrected chi connectivity index (χ4v) is 0.795. The van der Waals surface area contributed by atoms with E-state index in [9.17, 15) is 13.6 Å². The van der Waals surface area contributed by atoms with E-state index < -0.39 is 11.6 Å². The van der Waals surface area contributed by atoms with Crippen molar-refractivity contribution in [2.24, 2.45) is 0 Å². The Hall–Kier alpha value is -1.25. The van der Waals surface area contributed by atoms with Crippen LogP contribution >= 0.6 is 0 Å². The second-order valence-electron chi connectivity index (χ2n) is 2.19. The van der Waals surface area contributed by atoms with Crippen molar-refractivity contribution in [2.75, 3.05) is 0 Å². The van der Waals surface area contributed by atoms with Gasteiger partial charge in [-0.25, -0.2) is 8.78 Å². The van der Waals surface area contributed by atoms with E-state index in [1.807, 2.05) is 0 Å². The highest BCUT2D eigenvalue weighted by atomic mass is 19.2. The fourth-order valence-electron chi connectivity index (χ4n) is 0.795. The summed E-state index contributed by atoms with van der Waals surface area (Å²) in [5.41, 5.74) is 0.240. The van der Waals surface area contributed by atoms with Crippen molar-refractivity contribution in [3.05, 3.63) is 34.9 Å². The molecule has 58 valence electrons. The first kappa shape index (κ1) is 7.85. The molecule has 0 saturated carbocycles. The van der Waals surface area contributed by atoms with Crippen LogP contribution in [0.5, 0.6) is 0 Å². The predicted octanol–water partition coefficient (Wildman–Crippen LogP) is 2.09. The number of rotatable bonds is 1. The van der Waals surface area contributed by atoms with E-state index in [2.05, 4.69) is 0 Å². The van der Waals surface area contributed by atoms with E-state index in [1.165, 1.54) is 13.0 Å². The first-order valence-electron chi connectivity index (χ1n) is 3.06. The Morgan fingerprint density at radius 2 is 2.00 bits per heavy atom. The maximum absolute atomic E-state index is 12.6. The Kier molecular flexibility index (Phi) is 1.98. The zero-order valence-corrected chi connectivity index (χ0v) is 5.90. The zero-order valence-electron chi connectivity index (χ0n) is 5.90. The van der Waals surface area contributed by atoms with E-state index in [1.54, 1.807) is 0 Å². The molecule has 0 aliphatic heterocycles. The molecule has 0 fully saturated rings. The molecule has 0 amide bonds. The molecule has 0 N–H and O–H groups in total. The Morgan fingerprint density at radius 1 is 1.36 bits per heavy atom. The van der Waals surface area contributed by atoms with E-state index in [4.69, 9.17) is 0 Å². The van der Waals surface area contributed by atoms with Crippen molar-refractivity contribution in [1.82, 2.24) is 0 Å². The van der Waals surface area contributed by atoms with Crippen LogP contribution in [0.4, 0.5) is 8.78 Å². The number of hydrogen-bond acceptors (Lipinski definition) is 1. The predicted molar refractivity (Wildman–Crippen MR) is 36.5 cm³/mol. The van der Waals surface area contributed by atoms with Crippen LogP contribution in [0.15, 0.2) is 12.1 Å². The molecular formula is C8H6F2O. The standard InChI is InChI=1S/C8H6F2O/c1-5-6(4-11)2-3-7(9)8(5)10/h2-4H,1H3. The van der Waals surface area contributed by atoms with Crippen LogP contribution in [0.3, 0.4) is 0 Å². The molecule has 0 unspecified atom stereocenters. The molecule has 11 heavy (non-hydrogen) atoms. The highest BCUT2D eigenvalue weighted by Crippen LogP contribution is 2.13. The summed E-state index contributed by atoms with van der Waals surface area (Å²) < 4.78 is 25.0. The summed E-state index contributed by atoms with van der Waals surface area (Å²) in [5, 5.41) is 0. The van der Waals surface area contributed by atoms with Gasteiger partial charge in [-0.15, -0.1) is 0 Å². The lowest BCUT2D eigenvalue weighted by molar-refractivity contribution is 0.112. The third-order valence-corrected chi connectivity index (χ3v) is 1.51. The maximum Gasteiger partial charge on any atom is 0.162 e. The number of hydrogen-bond donors (Lipinski definition) is 0. The Labute approximate surface area is 62.7 Å². The lowest BCUT2D eigenvalue weighted by Gasteiger charge is -1.99. The van der Waals surface area contributed by atoms with Gasteiger partial charge in [0.05, 0.1) is 0 Å². The van der Waals surface area contributed by atoms with Crippen molar-refractivity contribution < 1.29 is 13.6 Å². The molecule has 0 atom stereocenters. The lowest BCUT2D eigenvalue weighted by atomic mass is 10.1. The molecule has 0 heterocycles. The number of aldehydes is 1. The number of carbonyl (C=O) groups excluding carboxylic acids is 1. The van der Waals surface area contributed by atoms with Crippen molar-refractivity contribution in [3.8, 4) is 0 Å². The molecule has 1 aromatic rings. The number of benzene rings is 1. The minimum absolute atomic E-state index is 0.0556. The average Bonchev–Trinajstić information content (AvgIpc) is 2.01. The first-order valence-corrected chi connectivity index (χ1v) is 3.06. The van der Waals surface area contributed by atoms with Crippen molar-refractivity contribution in [1.29, 1.82) is 0 Å². The van der Waals surface area contributed by atoms with Gasteiger partial charge in [-0.2, -0.15) is 0 Å². The molecule has 0 saturated heterocycles. The average molecular weight is 156 g/mol. The molecule has 0 aromatic heterocycles. The normalized spacial score (nSPS) is 9.73. The van der Waals surface area contributed by atoms with Crippen LogP contribution in [0.1, 0.15) is 15.9 Å². The largest absolute Gasteiger partial charge is 0.298 e. The van der Waals surface area contributed by atoms with Gasteiger partial charge in [-0.05, 0) is 24.6 Å². The summed E-state index contributed by atoms with van der Waals surface area (Å²) in [6, 6.07) is 2.19. The van der Waals surface area contributed by atoms with Gasteiger partial charge < -0.3 is 0 Å². The summed E-state index contributed by atoms with van der Waals surface area (Å²) in [6.07, 6.45) is 0.498. The van der Waals surface area contributed by atoms with Crippen LogP contribution in [-0.2, 0) is 0 Å². The van der Waals surface area contributed by atoms with Crippen LogP contribution < -0.4 is 0 Å². The van der Waals surface area contributed by atoms with Crippen molar-refractivity contribution in [3.63, 3.8) is 0 Å². The van der Waals surface area contributed by atoms with Crippen LogP contribution in [0.2, 0.25) is 0 Å². The van der Waals surface area contributed by atoms with E-state index in [0.29, 0.717) is 6.29 Å². The van der Waals surface area contributed by atoms with E-state index in [-0.39, 0.29) is 11.1 Å². The van der Waals surface area contributed by atoms with Gasteiger partial charge in [0.1, 0.15) is 6.29 Å². The zero-order chi connectivity index (χ0) is 8.43. The smallest absolute Gasteiger partial charge is 0.162 e. The highest BCUT2D eigenvalue weighted by molar-refractivity contribution is 5.77. The Morgan fingerprint density at radius 3 is 2.55 bits per heavy atom. The van der Waals surface area contributed by atoms with Crippen molar-refractivity contribution in [2.45, 2.75) is 6.92 Å². The monoisotopic (exact) mass is 156 g/mol. The van der Waals surface area contributed by atoms with Gasteiger partial charge in [0.25, 0.3) is 0 Å².